The Morgan fingerprint density at radius 3 is 2.40 bits per heavy atom. The number of rotatable bonds is 0. The molecule has 0 amide bonds. The van der Waals surface area contributed by atoms with Crippen LogP contribution in [0.2, 0.25) is 0 Å². The summed E-state index contributed by atoms with van der Waals surface area (Å²) >= 11 is 16.7. The van der Waals surface area contributed by atoms with Crippen molar-refractivity contribution in [2.45, 2.75) is 17.0 Å². The lowest BCUT2D eigenvalue weighted by atomic mass is 10.5. The van der Waals surface area contributed by atoms with E-state index < -0.39 is 3.92 Å². The average molecular weight is 202 g/mol. The quantitative estimate of drug-likeness (QED) is 0.476. The van der Waals surface area contributed by atoms with Crippen LogP contribution in [0.25, 0.3) is 0 Å². The Balaban J connectivity index is 2.64. The van der Waals surface area contributed by atoms with Crippen LogP contribution in [0.15, 0.2) is 5.10 Å². The van der Waals surface area contributed by atoms with Crippen LogP contribution in [0.3, 0.4) is 0 Å². The number of hydrogen-bond acceptors (Lipinski definition) is 3. The molecule has 3 nitrogen and oxygen atoms in total. The highest BCUT2D eigenvalue weighted by molar-refractivity contribution is 6.67. The van der Waals surface area contributed by atoms with Crippen molar-refractivity contribution < 1.29 is 0 Å². The van der Waals surface area contributed by atoms with Gasteiger partial charge in [0.2, 0.25) is 0 Å². The van der Waals surface area contributed by atoms with Gasteiger partial charge in [-0.2, -0.15) is 5.10 Å². The zero-order chi connectivity index (χ0) is 7.78. The van der Waals surface area contributed by atoms with Crippen LogP contribution in [-0.4, -0.2) is 21.3 Å². The van der Waals surface area contributed by atoms with Gasteiger partial charge in [0.1, 0.15) is 12.5 Å². The highest BCUT2D eigenvalue weighted by Gasteiger charge is 2.33. The number of hydrazone groups is 1. The number of hydrogen-bond donors (Lipinski definition) is 1. The van der Waals surface area contributed by atoms with E-state index in [-0.39, 0.29) is 6.17 Å². The van der Waals surface area contributed by atoms with Crippen LogP contribution in [0, 0.1) is 0 Å². The van der Waals surface area contributed by atoms with Crippen molar-refractivity contribution in [1.82, 2.24) is 10.3 Å². The Morgan fingerprint density at radius 1 is 1.60 bits per heavy atom. The predicted octanol–water partition coefficient (Wildman–Crippen LogP) is 1.51. The predicted molar refractivity (Wildman–Crippen MR) is 43.2 cm³/mol. The van der Waals surface area contributed by atoms with Gasteiger partial charge in [-0.1, -0.05) is 34.8 Å². The lowest BCUT2D eigenvalue weighted by Gasteiger charge is -2.26. The largest absolute Gasteiger partial charge is 0.295 e. The van der Waals surface area contributed by atoms with Gasteiger partial charge in [0, 0.05) is 0 Å². The van der Waals surface area contributed by atoms with Gasteiger partial charge in [-0.25, -0.2) is 0 Å². The molecule has 1 atom stereocenters. The number of alkyl halides is 3. The van der Waals surface area contributed by atoms with Crippen LogP contribution >= 0.6 is 34.8 Å². The molecule has 0 aromatic heterocycles. The monoisotopic (exact) mass is 201 g/mol. The second kappa shape index (κ2) is 2.64. The minimum atomic E-state index is -1.41. The third kappa shape index (κ3) is 1.59. The summed E-state index contributed by atoms with van der Waals surface area (Å²) in [5.74, 6) is 0. The maximum atomic E-state index is 5.56. The first kappa shape index (κ1) is 8.24. The fourth-order valence-corrected chi connectivity index (χ4v) is 1.22. The Labute approximate surface area is 73.9 Å². The molecule has 0 saturated carbocycles. The molecule has 0 aromatic rings. The Bertz CT molecular complexity index is 152. The maximum absolute atomic E-state index is 5.56. The summed E-state index contributed by atoms with van der Waals surface area (Å²) in [6, 6.07) is 0. The topological polar surface area (TPSA) is 27.6 Å². The van der Waals surface area contributed by atoms with E-state index in [1.165, 1.54) is 11.2 Å². The fraction of sp³-hybridized carbons (Fsp3) is 0.750. The molecule has 0 aromatic carbocycles. The molecule has 0 fully saturated rings. The van der Waals surface area contributed by atoms with Gasteiger partial charge in [-0.15, -0.1) is 0 Å². The van der Waals surface area contributed by atoms with E-state index in [0.29, 0.717) is 0 Å². The smallest absolute Gasteiger partial charge is 0.270 e. The van der Waals surface area contributed by atoms with Crippen molar-refractivity contribution in [2.24, 2.45) is 5.10 Å². The second-order valence-corrected chi connectivity index (χ2v) is 4.15. The molecular weight excluding hydrogens is 196 g/mol. The van der Waals surface area contributed by atoms with E-state index in [2.05, 4.69) is 10.5 Å². The molecule has 1 heterocycles. The lowest BCUT2D eigenvalue weighted by Crippen LogP contribution is -2.41. The van der Waals surface area contributed by atoms with Gasteiger partial charge in [0.25, 0.3) is 3.92 Å². The summed E-state index contributed by atoms with van der Waals surface area (Å²) < 4.78 is -1.41. The first-order valence-electron chi connectivity index (χ1n) is 2.65. The van der Waals surface area contributed by atoms with E-state index in [1.807, 2.05) is 6.92 Å². The van der Waals surface area contributed by atoms with Crippen molar-refractivity contribution in [3.05, 3.63) is 0 Å². The van der Waals surface area contributed by atoms with Gasteiger partial charge in [0.15, 0.2) is 0 Å². The van der Waals surface area contributed by atoms with Crippen molar-refractivity contribution in [2.75, 3.05) is 0 Å². The van der Waals surface area contributed by atoms with Gasteiger partial charge in [-0.05, 0) is 6.92 Å². The van der Waals surface area contributed by atoms with Crippen LogP contribution in [0.5, 0.6) is 0 Å². The van der Waals surface area contributed by atoms with Crippen LogP contribution in [-0.2, 0) is 0 Å². The molecular formula is C4H6Cl3N3. The molecule has 1 aliphatic rings. The van der Waals surface area contributed by atoms with Crippen LogP contribution < -0.4 is 5.43 Å². The molecule has 0 spiro atoms. The van der Waals surface area contributed by atoms with Crippen molar-refractivity contribution >= 4 is 41.1 Å². The molecule has 58 valence electrons. The van der Waals surface area contributed by atoms with E-state index in [0.717, 1.165) is 0 Å². The molecule has 6 heteroatoms. The second-order valence-electron chi connectivity index (χ2n) is 1.92. The molecule has 0 bridgehead atoms. The zero-order valence-corrected chi connectivity index (χ0v) is 7.45. The summed E-state index contributed by atoms with van der Waals surface area (Å²) in [5, 5.41) is 3.71. The molecule has 10 heavy (non-hydrogen) atoms. The average Bonchev–Trinajstić information content (AvgIpc) is 2.11. The first-order chi connectivity index (χ1) is 4.52. The standard InChI is InChI=1S/C4H6Cl3N3/c1-3-9-8-2-10(3)4(5,6)7/h2-3,9H,1H3. The van der Waals surface area contributed by atoms with Crippen LogP contribution in [0.4, 0.5) is 0 Å². The molecule has 1 rings (SSSR count). The van der Waals surface area contributed by atoms with E-state index >= 15 is 0 Å². The highest BCUT2D eigenvalue weighted by atomic mass is 35.6. The molecule has 0 aliphatic carbocycles. The first-order valence-corrected chi connectivity index (χ1v) is 3.79. The third-order valence-electron chi connectivity index (χ3n) is 1.15. The van der Waals surface area contributed by atoms with E-state index in [4.69, 9.17) is 34.8 Å². The zero-order valence-electron chi connectivity index (χ0n) is 5.18. The third-order valence-corrected chi connectivity index (χ3v) is 1.74. The Hall–Kier alpha value is 0.140. The van der Waals surface area contributed by atoms with Crippen molar-refractivity contribution in [3.63, 3.8) is 0 Å². The van der Waals surface area contributed by atoms with Gasteiger partial charge < -0.3 is 0 Å². The van der Waals surface area contributed by atoms with Gasteiger partial charge in [0.05, 0.1) is 0 Å². The number of nitrogens with zero attached hydrogens (tertiary/aromatic N) is 2. The summed E-state index contributed by atoms with van der Waals surface area (Å²) in [4.78, 5) is 1.48. The highest BCUT2D eigenvalue weighted by Crippen LogP contribution is 2.31. The molecule has 0 radical (unpaired) electrons. The molecule has 1 aliphatic heterocycles. The van der Waals surface area contributed by atoms with E-state index in [9.17, 15) is 0 Å². The molecule has 0 saturated heterocycles. The van der Waals surface area contributed by atoms with Crippen LogP contribution in [0.1, 0.15) is 6.92 Å². The minimum absolute atomic E-state index is 0.0625. The van der Waals surface area contributed by atoms with Crippen molar-refractivity contribution in [3.8, 4) is 0 Å². The number of halogens is 3. The Kier molecular flexibility index (Phi) is 2.18. The summed E-state index contributed by atoms with van der Waals surface area (Å²) in [5.41, 5.74) is 2.72. The minimum Gasteiger partial charge on any atom is -0.295 e. The molecule has 1 unspecified atom stereocenters. The normalized spacial score (nSPS) is 25.2. The van der Waals surface area contributed by atoms with Crippen molar-refractivity contribution in [1.29, 1.82) is 0 Å². The van der Waals surface area contributed by atoms with Gasteiger partial charge >= 0.3 is 0 Å². The summed E-state index contributed by atoms with van der Waals surface area (Å²) in [6.07, 6.45) is 1.39. The van der Waals surface area contributed by atoms with Gasteiger partial charge in [-0.3, -0.25) is 10.3 Å². The lowest BCUT2D eigenvalue weighted by molar-refractivity contribution is 0.330. The maximum Gasteiger partial charge on any atom is 0.270 e. The van der Waals surface area contributed by atoms with E-state index in [1.54, 1.807) is 0 Å². The summed E-state index contributed by atoms with van der Waals surface area (Å²) in [6.45, 7) is 1.84. The fourth-order valence-electron chi connectivity index (χ4n) is 0.651. The molecule has 1 N–H and O–H groups in total. The summed E-state index contributed by atoms with van der Waals surface area (Å²) in [7, 11) is 0. The SMILES string of the molecule is CC1NN=CN1C(Cl)(Cl)Cl. The Morgan fingerprint density at radius 2 is 2.20 bits per heavy atom. The number of nitrogens with one attached hydrogen (secondary N) is 1.